The number of benzene rings is 4. The van der Waals surface area contributed by atoms with E-state index in [1.165, 1.54) is 33.4 Å². The number of halogens is 3. The molecule has 1 unspecified atom stereocenters. The molecule has 3 aromatic heterocycles. The van der Waals surface area contributed by atoms with Gasteiger partial charge in [-0.2, -0.15) is 24.5 Å². The van der Waals surface area contributed by atoms with Crippen LogP contribution in [0.15, 0.2) is 109 Å². The number of aryl methyl sites for hydroxylation is 2. The van der Waals surface area contributed by atoms with Gasteiger partial charge in [0, 0.05) is 38.3 Å². The minimum absolute atomic E-state index is 0. The minimum Gasteiger partial charge on any atom is -0.305 e. The number of hydrogen-bond acceptors (Lipinski definition) is 3. The zero-order chi connectivity index (χ0) is 35.8. The van der Waals surface area contributed by atoms with Gasteiger partial charge in [0.25, 0.3) is 0 Å². The normalized spacial score (nSPS) is 13.2. The summed E-state index contributed by atoms with van der Waals surface area (Å²) in [5.41, 5.74) is 6.92. The van der Waals surface area contributed by atoms with Crippen molar-refractivity contribution in [2.75, 3.05) is 0 Å². The fourth-order valence-corrected chi connectivity index (χ4v) is 10.9. The van der Waals surface area contributed by atoms with Crippen LogP contribution in [0.1, 0.15) is 42.0 Å². The van der Waals surface area contributed by atoms with E-state index in [1.807, 2.05) is 74.5 Å². The van der Waals surface area contributed by atoms with Crippen molar-refractivity contribution in [1.82, 2.24) is 9.97 Å². The van der Waals surface area contributed by atoms with Gasteiger partial charge < -0.3 is 4.98 Å². The molecule has 50 heavy (non-hydrogen) atoms. The molecule has 0 spiro atoms. The van der Waals surface area contributed by atoms with Crippen LogP contribution in [0, 0.1) is 26.0 Å². The molecular weight excluding hydrogens is 886 g/mol. The van der Waals surface area contributed by atoms with Crippen molar-refractivity contribution in [3.8, 4) is 22.5 Å². The summed E-state index contributed by atoms with van der Waals surface area (Å²) < 4.78 is 51.6. The van der Waals surface area contributed by atoms with Gasteiger partial charge in [0.2, 0.25) is 0 Å². The third-order valence-corrected chi connectivity index (χ3v) is 14.3. The van der Waals surface area contributed by atoms with Gasteiger partial charge in [0.1, 0.15) is 0 Å². The summed E-state index contributed by atoms with van der Waals surface area (Å²) in [5, 5.41) is 1.65. The zero-order valence-electron chi connectivity index (χ0n) is 29.7. The molecule has 0 amide bonds. The van der Waals surface area contributed by atoms with Crippen LogP contribution in [0.4, 0.5) is 13.2 Å². The fraction of sp³-hybridized carbons (Fsp3) is 0.190. The van der Waals surface area contributed by atoms with Crippen LogP contribution >= 0.6 is 11.3 Å². The number of nitrogens with zero attached hydrogens (tertiary/aromatic N) is 2. The molecule has 0 bridgehead atoms. The average molecular weight is 925 g/mol. The standard InChI is InChI=1S/C27H19F3NS.C15H18GeN.Ir/c1-16-6-3-4-7-20(16)17(2)18-12-13-31-24(14-18)23-9-5-8-22-21-11-10-19(27(28,29)30)15-25(21)32-26(22)23;1-12-10-15(13-8-6-5-7-9-13)17-11-14(12)16(2,3)4;/h3-8,10-15,17H,1-2H3;5-8,10-11H,1-4H3;/q2*-1;/i17D;;. The predicted molar refractivity (Wildman–Crippen MR) is 201 cm³/mol. The summed E-state index contributed by atoms with van der Waals surface area (Å²) in [5.74, 6) is 6.22. The van der Waals surface area contributed by atoms with Crippen LogP contribution < -0.4 is 4.40 Å². The smallest absolute Gasteiger partial charge is 0.305 e. The molecular formula is C42H37F3GeIrN2S-2. The molecule has 0 fully saturated rings. The fourth-order valence-electron chi connectivity index (χ4n) is 6.10. The van der Waals surface area contributed by atoms with E-state index >= 15 is 0 Å². The number of fused-ring (bicyclic) bond motifs is 3. The van der Waals surface area contributed by atoms with Crippen molar-refractivity contribution in [2.45, 2.75) is 50.1 Å². The first kappa shape index (κ1) is 36.2. The Morgan fingerprint density at radius 2 is 1.56 bits per heavy atom. The molecule has 0 saturated carbocycles. The predicted octanol–water partition coefficient (Wildman–Crippen LogP) is 11.8. The molecule has 257 valence electrons. The average Bonchev–Trinajstić information content (AvgIpc) is 3.46. The first-order valence-corrected chi connectivity index (χ1v) is 24.2. The van der Waals surface area contributed by atoms with E-state index in [0.717, 1.165) is 55.0 Å². The van der Waals surface area contributed by atoms with E-state index in [0.29, 0.717) is 10.4 Å². The van der Waals surface area contributed by atoms with Crippen LogP contribution in [0.2, 0.25) is 17.3 Å². The van der Waals surface area contributed by atoms with Crippen molar-refractivity contribution in [2.24, 2.45) is 0 Å². The summed E-state index contributed by atoms with van der Waals surface area (Å²) in [7, 11) is 0. The number of thiophene rings is 1. The second-order valence-electron chi connectivity index (χ2n) is 13.2. The van der Waals surface area contributed by atoms with E-state index in [2.05, 4.69) is 64.6 Å². The van der Waals surface area contributed by atoms with Crippen LogP contribution in [0.3, 0.4) is 0 Å². The first-order valence-electron chi connectivity index (χ1n) is 16.6. The van der Waals surface area contributed by atoms with Crippen molar-refractivity contribution in [1.29, 1.82) is 0 Å². The monoisotopic (exact) mass is 926 g/mol. The summed E-state index contributed by atoms with van der Waals surface area (Å²) in [4.78, 5) is 9.12. The third-order valence-electron chi connectivity index (χ3n) is 8.66. The van der Waals surface area contributed by atoms with Gasteiger partial charge in [0.15, 0.2) is 0 Å². The maximum Gasteiger partial charge on any atom is 0.416 e. The van der Waals surface area contributed by atoms with E-state index in [1.54, 1.807) is 12.3 Å². The number of pyridine rings is 2. The van der Waals surface area contributed by atoms with Crippen molar-refractivity contribution < 1.29 is 34.6 Å². The molecule has 3 heterocycles. The van der Waals surface area contributed by atoms with Crippen LogP contribution in [0.25, 0.3) is 42.7 Å². The molecule has 0 aliphatic carbocycles. The van der Waals surface area contributed by atoms with Crippen molar-refractivity contribution in [3.63, 3.8) is 0 Å². The maximum atomic E-state index is 13.2. The minimum atomic E-state index is -4.39. The number of rotatable bonds is 5. The Bertz CT molecular complexity index is 2310. The summed E-state index contributed by atoms with van der Waals surface area (Å²) in [6, 6.07) is 35.7. The topological polar surface area (TPSA) is 25.8 Å². The van der Waals surface area contributed by atoms with E-state index in [9.17, 15) is 13.2 Å². The zero-order valence-corrected chi connectivity index (χ0v) is 34.0. The van der Waals surface area contributed by atoms with Gasteiger partial charge >= 0.3 is 112 Å². The summed E-state index contributed by atoms with van der Waals surface area (Å²) in [6.45, 7) is 6.04. The molecule has 0 saturated heterocycles. The Balaban J connectivity index is 0.000000237. The van der Waals surface area contributed by atoms with Crippen LogP contribution in [0.5, 0.6) is 0 Å². The van der Waals surface area contributed by atoms with Gasteiger partial charge in [-0.15, -0.1) is 23.8 Å². The Kier molecular flexibility index (Phi) is 11.1. The molecule has 4 aromatic carbocycles. The summed E-state index contributed by atoms with van der Waals surface area (Å²) in [6.07, 6.45) is -0.633. The number of aromatic nitrogens is 2. The van der Waals surface area contributed by atoms with Crippen molar-refractivity contribution >= 4 is 49.2 Å². The largest absolute Gasteiger partial charge is 0.416 e. The van der Waals surface area contributed by atoms with Gasteiger partial charge in [-0.05, 0) is 57.6 Å². The Hall–Kier alpha value is -3.62. The third kappa shape index (κ3) is 8.13. The number of alkyl halides is 3. The molecule has 1 radical (unpaired) electrons. The van der Waals surface area contributed by atoms with Crippen molar-refractivity contribution in [3.05, 3.63) is 149 Å². The first-order chi connectivity index (χ1) is 23.6. The molecule has 0 aliphatic rings. The van der Waals surface area contributed by atoms with E-state index < -0.39 is 30.9 Å². The number of hydrogen-bond donors (Lipinski definition) is 0. The maximum absolute atomic E-state index is 13.2. The quantitative estimate of drug-likeness (QED) is 0.127. The van der Waals surface area contributed by atoms with Gasteiger partial charge in [0.05, 0.1) is 5.56 Å². The summed E-state index contributed by atoms with van der Waals surface area (Å²) >= 11 is -0.465. The molecule has 0 N–H and O–H groups in total. The molecule has 2 nitrogen and oxygen atoms in total. The molecule has 7 rings (SSSR count). The Morgan fingerprint density at radius 1 is 0.800 bits per heavy atom. The SMILES string of the molecule is Cc1cc(-c2[c-]cccc2)nc[c]1[Ge]([CH3])([CH3])[CH3].[2H]C(C)(c1ccnc(-c2[c-]ccc3c2sc2cc(C(F)(F)F)ccc23)c1)c1ccccc1C.[Ir]. The van der Waals surface area contributed by atoms with Gasteiger partial charge in [-0.25, -0.2) is 0 Å². The van der Waals surface area contributed by atoms with Gasteiger partial charge in [-0.3, -0.25) is 0 Å². The van der Waals surface area contributed by atoms with E-state index in [4.69, 9.17) is 1.37 Å². The van der Waals surface area contributed by atoms with Crippen LogP contribution in [-0.2, 0) is 26.3 Å². The molecule has 8 heteroatoms. The Morgan fingerprint density at radius 3 is 2.24 bits per heavy atom. The Labute approximate surface area is 314 Å². The molecule has 0 aliphatic heterocycles. The molecule has 1 atom stereocenters. The second-order valence-corrected chi connectivity index (χ2v) is 24.8. The van der Waals surface area contributed by atoms with E-state index in [-0.39, 0.29) is 20.1 Å². The molecule has 7 aromatic rings. The van der Waals surface area contributed by atoms with Gasteiger partial charge in [-0.1, -0.05) is 48.7 Å². The van der Waals surface area contributed by atoms with Crippen LogP contribution in [-0.4, -0.2) is 23.2 Å². The second kappa shape index (κ2) is 15.3.